The van der Waals surface area contributed by atoms with Crippen LogP contribution in [0.25, 0.3) is 0 Å². The van der Waals surface area contributed by atoms with Gasteiger partial charge in [0.15, 0.2) is 5.72 Å². The molecule has 2 amide bonds. The van der Waals surface area contributed by atoms with Crippen LogP contribution in [-0.2, 0) is 9.59 Å². The molecule has 2 heterocycles. The molecule has 21 heavy (non-hydrogen) atoms. The van der Waals surface area contributed by atoms with Gasteiger partial charge in [0.25, 0.3) is 0 Å². The summed E-state index contributed by atoms with van der Waals surface area (Å²) in [6, 6.07) is 7.58. The number of rotatable bonds is 3. The first-order chi connectivity index (χ1) is 10.0. The third kappa shape index (κ3) is 2.28. The van der Waals surface area contributed by atoms with Crippen LogP contribution in [0.15, 0.2) is 36.9 Å². The van der Waals surface area contributed by atoms with Crippen molar-refractivity contribution in [1.82, 2.24) is 10.6 Å². The molecule has 2 bridgehead atoms. The maximum Gasteiger partial charge on any atom is 0.236 e. The van der Waals surface area contributed by atoms with E-state index in [1.165, 1.54) is 0 Å². The molecule has 2 aliphatic heterocycles. The predicted octanol–water partition coefficient (Wildman–Crippen LogP) is 1.32. The van der Waals surface area contributed by atoms with Gasteiger partial charge >= 0.3 is 0 Å². The van der Waals surface area contributed by atoms with Crippen molar-refractivity contribution in [2.24, 2.45) is 5.92 Å². The van der Waals surface area contributed by atoms with Crippen molar-refractivity contribution in [2.45, 2.75) is 25.0 Å². The Labute approximate surface area is 123 Å². The highest BCUT2D eigenvalue weighted by Gasteiger charge is 2.51. The zero-order chi connectivity index (χ0) is 15.0. The van der Waals surface area contributed by atoms with Crippen LogP contribution in [0.5, 0.6) is 5.75 Å². The molecule has 3 atom stereocenters. The van der Waals surface area contributed by atoms with Crippen LogP contribution in [0.2, 0.25) is 0 Å². The van der Waals surface area contributed by atoms with E-state index < -0.39 is 11.6 Å². The van der Waals surface area contributed by atoms with Crippen LogP contribution in [-0.4, -0.2) is 24.1 Å². The summed E-state index contributed by atoms with van der Waals surface area (Å²) in [7, 11) is 0. The van der Waals surface area contributed by atoms with E-state index in [1.54, 1.807) is 6.08 Å². The normalized spacial score (nSPS) is 29.7. The van der Waals surface area contributed by atoms with Gasteiger partial charge in [0, 0.05) is 18.9 Å². The zero-order valence-electron chi connectivity index (χ0n) is 11.9. The summed E-state index contributed by atoms with van der Waals surface area (Å²) in [5.41, 5.74) is 0.175. The second-order valence-electron chi connectivity index (χ2n) is 5.68. The molecule has 0 radical (unpaired) electrons. The van der Waals surface area contributed by atoms with E-state index in [4.69, 9.17) is 4.74 Å². The van der Waals surface area contributed by atoms with Gasteiger partial charge in [-0.15, -0.1) is 6.58 Å². The lowest BCUT2D eigenvalue weighted by molar-refractivity contribution is -0.147. The fraction of sp³-hybridized carbons (Fsp3) is 0.375. The van der Waals surface area contributed by atoms with Crippen molar-refractivity contribution in [3.05, 3.63) is 42.5 Å². The predicted molar refractivity (Wildman–Crippen MR) is 77.7 cm³/mol. The second-order valence-corrected chi connectivity index (χ2v) is 5.68. The molecule has 2 aliphatic rings. The molecule has 3 rings (SSSR count). The molecule has 110 valence electrons. The van der Waals surface area contributed by atoms with Gasteiger partial charge in [-0.25, -0.2) is 0 Å². The van der Waals surface area contributed by atoms with Crippen molar-refractivity contribution in [2.75, 3.05) is 6.54 Å². The molecular formula is C16H18N2O3. The first-order valence-corrected chi connectivity index (χ1v) is 7.03. The quantitative estimate of drug-likeness (QED) is 0.650. The summed E-state index contributed by atoms with van der Waals surface area (Å²) in [4.78, 5) is 24.7. The highest BCUT2D eigenvalue weighted by atomic mass is 16.5. The number of nitrogens with one attached hydrogen (secondary N) is 2. The molecule has 5 nitrogen and oxygen atoms in total. The molecule has 0 spiro atoms. The number of carbonyl (C=O) groups is 2. The number of para-hydroxylation sites is 1. The van der Waals surface area contributed by atoms with Crippen LogP contribution in [0.1, 0.15) is 24.8 Å². The third-order valence-electron chi connectivity index (χ3n) is 4.04. The Kier molecular flexibility index (Phi) is 3.20. The molecule has 1 aromatic carbocycles. The Bertz CT molecular complexity index is 613. The fourth-order valence-corrected chi connectivity index (χ4v) is 3.17. The molecule has 1 fully saturated rings. The highest BCUT2D eigenvalue weighted by molar-refractivity contribution is 6.02. The van der Waals surface area contributed by atoms with Gasteiger partial charge in [0.2, 0.25) is 11.8 Å². The van der Waals surface area contributed by atoms with Gasteiger partial charge in [0.1, 0.15) is 11.7 Å². The zero-order valence-corrected chi connectivity index (χ0v) is 11.9. The van der Waals surface area contributed by atoms with Gasteiger partial charge < -0.3 is 15.4 Å². The number of fused-ring (bicyclic) bond motifs is 4. The number of hydrogen-bond acceptors (Lipinski definition) is 3. The molecule has 5 heteroatoms. The maximum atomic E-state index is 12.3. The average Bonchev–Trinajstić information content (AvgIpc) is 2.43. The highest BCUT2D eigenvalue weighted by Crippen LogP contribution is 2.46. The molecular weight excluding hydrogens is 268 g/mol. The van der Waals surface area contributed by atoms with Crippen LogP contribution < -0.4 is 15.4 Å². The van der Waals surface area contributed by atoms with Crippen LogP contribution in [0.3, 0.4) is 0 Å². The summed E-state index contributed by atoms with van der Waals surface area (Å²) >= 11 is 0. The fourth-order valence-electron chi connectivity index (χ4n) is 3.17. The van der Waals surface area contributed by atoms with E-state index in [9.17, 15) is 9.59 Å². The Balaban J connectivity index is 1.98. The minimum Gasteiger partial charge on any atom is -0.468 e. The van der Waals surface area contributed by atoms with Gasteiger partial charge in [0.05, 0.1) is 0 Å². The van der Waals surface area contributed by atoms with Gasteiger partial charge in [-0.1, -0.05) is 24.3 Å². The maximum absolute atomic E-state index is 12.3. The van der Waals surface area contributed by atoms with E-state index in [0.29, 0.717) is 13.0 Å². The van der Waals surface area contributed by atoms with Gasteiger partial charge in [-0.3, -0.25) is 9.59 Å². The monoisotopic (exact) mass is 286 g/mol. The van der Waals surface area contributed by atoms with Gasteiger partial charge in [-0.05, 0) is 18.6 Å². The number of piperidine rings is 1. The van der Waals surface area contributed by atoms with Crippen LogP contribution >= 0.6 is 0 Å². The number of amides is 2. The molecule has 0 aromatic heterocycles. The number of carbonyl (C=O) groups excluding carboxylic acids is 2. The molecule has 3 unspecified atom stereocenters. The van der Waals surface area contributed by atoms with E-state index >= 15 is 0 Å². The summed E-state index contributed by atoms with van der Waals surface area (Å²) in [6.07, 6.45) is 2.18. The van der Waals surface area contributed by atoms with E-state index in [2.05, 4.69) is 17.2 Å². The molecule has 2 N–H and O–H groups in total. The van der Waals surface area contributed by atoms with Crippen molar-refractivity contribution < 1.29 is 14.3 Å². The average molecular weight is 286 g/mol. The van der Waals surface area contributed by atoms with E-state index in [0.717, 1.165) is 11.3 Å². The SMILES string of the molecule is C=CCNC(=O)C1C(=O)NC2(C)CC1c1ccccc1O2. The van der Waals surface area contributed by atoms with Gasteiger partial charge in [-0.2, -0.15) is 0 Å². The molecule has 0 aliphatic carbocycles. The minimum absolute atomic E-state index is 0.168. The first kappa shape index (κ1) is 13.7. The van der Waals surface area contributed by atoms with Crippen molar-refractivity contribution in [3.8, 4) is 5.75 Å². The lowest BCUT2D eigenvalue weighted by atomic mass is 9.74. The van der Waals surface area contributed by atoms with Crippen LogP contribution in [0.4, 0.5) is 0 Å². The lowest BCUT2D eigenvalue weighted by Gasteiger charge is -2.46. The smallest absolute Gasteiger partial charge is 0.236 e. The molecule has 0 saturated carbocycles. The Morgan fingerprint density at radius 3 is 3.10 bits per heavy atom. The number of benzene rings is 1. The minimum atomic E-state index is -0.745. The van der Waals surface area contributed by atoms with Crippen molar-refractivity contribution in [1.29, 1.82) is 0 Å². The van der Waals surface area contributed by atoms with E-state index in [-0.39, 0.29) is 17.7 Å². The topological polar surface area (TPSA) is 67.4 Å². The lowest BCUT2D eigenvalue weighted by Crippen LogP contribution is -2.62. The summed E-state index contributed by atoms with van der Waals surface area (Å²) in [5, 5.41) is 5.54. The standard InChI is InChI=1S/C16H18N2O3/c1-3-8-17-14(19)13-11-9-16(2,18-15(13)20)21-12-7-5-4-6-10(11)12/h3-7,11,13H,1,8-9H2,2H3,(H,17,19)(H,18,20). The largest absolute Gasteiger partial charge is 0.468 e. The summed E-state index contributed by atoms with van der Waals surface area (Å²) in [5.74, 6) is -0.722. The second kappa shape index (κ2) is 4.91. The van der Waals surface area contributed by atoms with Crippen molar-refractivity contribution in [3.63, 3.8) is 0 Å². The number of ether oxygens (including phenoxy) is 1. The van der Waals surface area contributed by atoms with Crippen molar-refractivity contribution >= 4 is 11.8 Å². The summed E-state index contributed by atoms with van der Waals surface area (Å²) in [6.45, 7) is 5.76. The van der Waals surface area contributed by atoms with Crippen LogP contribution in [0, 0.1) is 5.92 Å². The Hall–Kier alpha value is -2.30. The summed E-state index contributed by atoms with van der Waals surface area (Å²) < 4.78 is 5.89. The Morgan fingerprint density at radius 1 is 1.57 bits per heavy atom. The molecule has 1 saturated heterocycles. The Morgan fingerprint density at radius 2 is 2.33 bits per heavy atom. The first-order valence-electron chi connectivity index (χ1n) is 7.03. The molecule has 1 aromatic rings. The third-order valence-corrected chi connectivity index (χ3v) is 4.04. The number of hydrogen-bond donors (Lipinski definition) is 2. The van der Waals surface area contributed by atoms with E-state index in [1.807, 2.05) is 31.2 Å².